The van der Waals surface area contributed by atoms with Crippen LogP contribution in [0, 0.1) is 0 Å². The van der Waals surface area contributed by atoms with Gasteiger partial charge in [-0.2, -0.15) is 0 Å². The molecule has 0 saturated carbocycles. The molecule has 8 aromatic carbocycles. The molecule has 0 aliphatic heterocycles. The zero-order chi connectivity index (χ0) is 45.4. The maximum atomic E-state index is 5.01. The molecule has 67 heavy (non-hydrogen) atoms. The van der Waals surface area contributed by atoms with E-state index < -0.39 is 0 Å². The zero-order valence-electron chi connectivity index (χ0n) is 37.0. The van der Waals surface area contributed by atoms with Gasteiger partial charge in [0.25, 0.3) is 0 Å². The van der Waals surface area contributed by atoms with Crippen molar-refractivity contribution in [3.63, 3.8) is 0 Å². The van der Waals surface area contributed by atoms with Gasteiger partial charge >= 0.3 is 0 Å². The Hall–Kier alpha value is -8.93. The molecule has 2 aromatic heterocycles. The van der Waals surface area contributed by atoms with Gasteiger partial charge in [0.2, 0.25) is 0 Å². The molecule has 0 aliphatic rings. The summed E-state index contributed by atoms with van der Waals surface area (Å²) in [5.74, 6) is 1.88. The predicted molar refractivity (Wildman–Crippen MR) is 279 cm³/mol. The normalized spacial score (nSPS) is 11.4. The molecule has 5 nitrogen and oxygen atoms in total. The topological polar surface area (TPSA) is 63.9 Å². The van der Waals surface area contributed by atoms with E-state index in [9.17, 15) is 0 Å². The van der Waals surface area contributed by atoms with E-state index in [0.717, 1.165) is 94.8 Å². The first-order chi connectivity index (χ1) is 33.1. The summed E-state index contributed by atoms with van der Waals surface area (Å²) in [7, 11) is 0. The Balaban J connectivity index is 1.12. The lowest BCUT2D eigenvalue weighted by molar-refractivity contribution is 1.07. The van der Waals surface area contributed by atoms with Crippen LogP contribution in [0.2, 0.25) is 0 Å². The molecule has 10 rings (SSSR count). The minimum Gasteiger partial charge on any atom is -0.264 e. The fourth-order valence-corrected chi connectivity index (χ4v) is 8.62. The van der Waals surface area contributed by atoms with E-state index in [1.807, 2.05) is 98.1 Å². The molecule has 0 aliphatic carbocycles. The molecule has 10 aromatic rings. The second-order valence-electron chi connectivity index (χ2n) is 16.1. The van der Waals surface area contributed by atoms with Gasteiger partial charge in [-0.15, -0.1) is 0 Å². The molecule has 0 radical (unpaired) electrons. The van der Waals surface area contributed by atoms with E-state index in [0.29, 0.717) is 17.5 Å². The van der Waals surface area contributed by atoms with Crippen LogP contribution in [-0.4, -0.2) is 26.7 Å². The number of aliphatic imine (C=N–C) groups is 1. The Bertz CT molecular complexity index is 3340. The number of hydrogen-bond donors (Lipinski definition) is 0. The van der Waals surface area contributed by atoms with Crippen molar-refractivity contribution in [3.8, 4) is 101 Å². The molecule has 0 bridgehead atoms. The van der Waals surface area contributed by atoms with Crippen LogP contribution < -0.4 is 0 Å². The Labute approximate surface area is 392 Å². The summed E-state index contributed by atoms with van der Waals surface area (Å²) in [6.45, 7) is 6.15. The zero-order valence-corrected chi connectivity index (χ0v) is 37.0. The fraction of sp³-hybridized carbons (Fsp3) is 0.0161. The molecular weight excluding hydrogens is 815 g/mol. The van der Waals surface area contributed by atoms with Crippen LogP contribution in [0.1, 0.15) is 12.5 Å². The average Bonchev–Trinajstić information content (AvgIpc) is 3.42. The quantitative estimate of drug-likeness (QED) is 0.0907. The van der Waals surface area contributed by atoms with Crippen LogP contribution in [0.15, 0.2) is 248 Å². The van der Waals surface area contributed by atoms with Gasteiger partial charge in [-0.3, -0.25) is 9.98 Å². The van der Waals surface area contributed by atoms with Crippen LogP contribution in [0.5, 0.6) is 0 Å². The molecule has 318 valence electrons. The van der Waals surface area contributed by atoms with Gasteiger partial charge in [0.15, 0.2) is 17.5 Å². The molecule has 2 heterocycles. The monoisotopic (exact) mass is 859 g/mol. The van der Waals surface area contributed by atoms with Crippen molar-refractivity contribution in [2.45, 2.75) is 6.92 Å². The van der Waals surface area contributed by atoms with Gasteiger partial charge in [-0.1, -0.05) is 194 Å². The lowest BCUT2D eigenvalue weighted by Crippen LogP contribution is -2.01. The molecule has 0 unspecified atom stereocenters. The molecule has 0 fully saturated rings. The van der Waals surface area contributed by atoms with Gasteiger partial charge in [-0.05, 0) is 106 Å². The van der Waals surface area contributed by atoms with Crippen molar-refractivity contribution in [3.05, 3.63) is 248 Å². The van der Waals surface area contributed by atoms with Crippen molar-refractivity contribution in [1.82, 2.24) is 19.9 Å². The summed E-state index contributed by atoms with van der Waals surface area (Å²) >= 11 is 0. The smallest absolute Gasteiger partial charge is 0.164 e. The van der Waals surface area contributed by atoms with Crippen molar-refractivity contribution in [2.24, 2.45) is 4.99 Å². The van der Waals surface area contributed by atoms with E-state index in [1.54, 1.807) is 0 Å². The lowest BCUT2D eigenvalue weighted by Gasteiger charge is -2.24. The number of aromatic nitrogens is 4. The predicted octanol–water partition coefficient (Wildman–Crippen LogP) is 15.9. The van der Waals surface area contributed by atoms with Gasteiger partial charge in [0, 0.05) is 39.6 Å². The van der Waals surface area contributed by atoms with Gasteiger partial charge in [-0.25, -0.2) is 15.0 Å². The van der Waals surface area contributed by atoms with Crippen LogP contribution in [0.25, 0.3) is 107 Å². The summed E-state index contributed by atoms with van der Waals surface area (Å²) in [6.07, 6.45) is 7.96. The maximum absolute atomic E-state index is 5.01. The Morgan fingerprint density at radius 2 is 0.821 bits per heavy atom. The number of benzene rings is 8. The molecular formula is C62H45N5. The minimum atomic E-state index is 0.615. The SMILES string of the molecule is C=N/C(=C\C=C/C)c1c(-c2cccc(-c3cccc(-c4cccc(-c5nc(-c6ccccc6)nc(-c6ccccc6)n5)c4)c3)c2)cc(-c2ccccn2)c(-c2ccccc2)c1-c1ccccc1. The molecule has 0 atom stereocenters. The largest absolute Gasteiger partial charge is 0.264 e. The summed E-state index contributed by atoms with van der Waals surface area (Å²) in [6, 6.07) is 75.6. The Morgan fingerprint density at radius 1 is 0.403 bits per heavy atom. The van der Waals surface area contributed by atoms with Crippen molar-refractivity contribution < 1.29 is 0 Å². The third-order valence-corrected chi connectivity index (χ3v) is 11.8. The van der Waals surface area contributed by atoms with E-state index in [1.165, 1.54) is 0 Å². The van der Waals surface area contributed by atoms with Crippen LogP contribution in [0.4, 0.5) is 0 Å². The molecule has 5 heteroatoms. The van der Waals surface area contributed by atoms with Crippen LogP contribution >= 0.6 is 0 Å². The molecule has 0 saturated heterocycles. The molecule has 0 N–H and O–H groups in total. The number of pyridine rings is 1. The van der Waals surface area contributed by atoms with Gasteiger partial charge < -0.3 is 0 Å². The van der Waals surface area contributed by atoms with E-state index in [4.69, 9.17) is 24.9 Å². The van der Waals surface area contributed by atoms with Crippen molar-refractivity contribution in [2.75, 3.05) is 0 Å². The van der Waals surface area contributed by atoms with Crippen molar-refractivity contribution in [1.29, 1.82) is 0 Å². The van der Waals surface area contributed by atoms with Gasteiger partial charge in [0.1, 0.15) is 0 Å². The Kier molecular flexibility index (Phi) is 12.2. The first-order valence-electron chi connectivity index (χ1n) is 22.4. The number of allylic oxidation sites excluding steroid dienone is 3. The van der Waals surface area contributed by atoms with E-state index in [-0.39, 0.29) is 0 Å². The fourth-order valence-electron chi connectivity index (χ4n) is 8.62. The highest BCUT2D eigenvalue weighted by atomic mass is 15.0. The average molecular weight is 860 g/mol. The van der Waals surface area contributed by atoms with Crippen LogP contribution in [0.3, 0.4) is 0 Å². The standard InChI is InChI=1S/C62H45N5/c1-3-4-36-56(63-2)59-53(42-54(55-37-17-18-38-64-55)57(43-22-9-5-10-23-43)58(59)44-24-11-6-12-25-44)51-34-20-32-49(40-51)47-30-19-31-48(39-47)50-33-21-35-52(41-50)62-66-60(45-26-13-7-14-27-45)65-61(67-62)46-28-15-8-16-29-46/h3-42H,2H2,1H3/b4-3-,56-36-. The first-order valence-corrected chi connectivity index (χ1v) is 22.4. The first kappa shape index (κ1) is 42.0. The maximum Gasteiger partial charge on any atom is 0.164 e. The second-order valence-corrected chi connectivity index (χ2v) is 16.1. The number of nitrogens with zero attached hydrogens (tertiary/aromatic N) is 5. The second kappa shape index (κ2) is 19.4. The minimum absolute atomic E-state index is 0.615. The van der Waals surface area contributed by atoms with Gasteiger partial charge in [0.05, 0.1) is 11.4 Å². The summed E-state index contributed by atoms with van der Waals surface area (Å²) in [4.78, 5) is 24.6. The highest BCUT2D eigenvalue weighted by Gasteiger charge is 2.25. The lowest BCUT2D eigenvalue weighted by atomic mass is 9.80. The summed E-state index contributed by atoms with van der Waals surface area (Å²) in [5, 5.41) is 0. The molecule has 0 spiro atoms. The molecule has 0 amide bonds. The highest BCUT2D eigenvalue weighted by molar-refractivity contribution is 6.05. The summed E-state index contributed by atoms with van der Waals surface area (Å²) in [5.41, 5.74) is 17.1. The van der Waals surface area contributed by atoms with Crippen LogP contribution in [-0.2, 0) is 0 Å². The van der Waals surface area contributed by atoms with Crippen molar-refractivity contribution >= 4 is 12.4 Å². The number of hydrogen-bond acceptors (Lipinski definition) is 5. The van der Waals surface area contributed by atoms with E-state index in [2.05, 4.69) is 158 Å². The third kappa shape index (κ3) is 8.95. The Morgan fingerprint density at radius 3 is 1.31 bits per heavy atom. The third-order valence-electron chi connectivity index (χ3n) is 11.8. The highest BCUT2D eigenvalue weighted by Crippen LogP contribution is 2.49. The van der Waals surface area contributed by atoms with E-state index >= 15 is 0 Å². The summed E-state index contributed by atoms with van der Waals surface area (Å²) < 4.78 is 0. The number of rotatable bonds is 12.